The van der Waals surface area contributed by atoms with Crippen LogP contribution in [0.4, 0.5) is 0 Å². The second-order valence-corrected chi connectivity index (χ2v) is 7.62. The number of amides is 1. The largest absolute Gasteiger partial charge is 0.370 e. The molecule has 4 aliphatic rings. The summed E-state index contributed by atoms with van der Waals surface area (Å²) in [7, 11) is 0. The van der Waals surface area contributed by atoms with Crippen molar-refractivity contribution in [2.75, 3.05) is 6.54 Å². The minimum Gasteiger partial charge on any atom is -0.370 e. The number of ketones is 1. The molecular formula is C16H24N2O2. The molecule has 0 spiro atoms. The van der Waals surface area contributed by atoms with E-state index >= 15 is 0 Å². The molecule has 110 valence electrons. The lowest BCUT2D eigenvalue weighted by atomic mass is 9.70. The van der Waals surface area contributed by atoms with Gasteiger partial charge >= 0.3 is 0 Å². The van der Waals surface area contributed by atoms with Crippen LogP contribution in [0.2, 0.25) is 0 Å². The summed E-state index contributed by atoms with van der Waals surface area (Å²) < 4.78 is 0. The van der Waals surface area contributed by atoms with Gasteiger partial charge < -0.3 is 5.73 Å². The van der Waals surface area contributed by atoms with Crippen molar-refractivity contribution in [1.82, 2.24) is 4.90 Å². The molecule has 0 radical (unpaired) electrons. The van der Waals surface area contributed by atoms with Crippen LogP contribution in [0, 0.1) is 29.6 Å². The van der Waals surface area contributed by atoms with Crippen molar-refractivity contribution >= 4 is 11.7 Å². The highest BCUT2D eigenvalue weighted by Gasteiger charge is 2.62. The summed E-state index contributed by atoms with van der Waals surface area (Å²) in [4.78, 5) is 26.5. The molecule has 4 rings (SSSR count). The lowest BCUT2D eigenvalue weighted by Crippen LogP contribution is -2.56. The lowest BCUT2D eigenvalue weighted by Gasteiger charge is -2.46. The third kappa shape index (κ3) is 1.63. The molecule has 4 fully saturated rings. The number of primary amides is 1. The van der Waals surface area contributed by atoms with E-state index in [0.717, 1.165) is 18.4 Å². The maximum atomic E-state index is 12.9. The molecule has 5 bridgehead atoms. The third-order valence-electron chi connectivity index (χ3n) is 6.50. The Balaban J connectivity index is 1.61. The number of hydrogen-bond donors (Lipinski definition) is 1. The number of rotatable bonds is 3. The van der Waals surface area contributed by atoms with E-state index in [1.165, 1.54) is 19.3 Å². The number of nitrogens with zero attached hydrogens (tertiary/aromatic N) is 1. The molecule has 1 amide bonds. The van der Waals surface area contributed by atoms with E-state index < -0.39 is 0 Å². The molecule has 4 nitrogen and oxygen atoms in total. The Kier molecular flexibility index (Phi) is 2.75. The highest BCUT2D eigenvalue weighted by molar-refractivity contribution is 5.89. The molecule has 3 saturated heterocycles. The predicted octanol–water partition coefficient (Wildman–Crippen LogP) is 1.19. The molecule has 1 aliphatic carbocycles. The van der Waals surface area contributed by atoms with Gasteiger partial charge in [0, 0.05) is 24.9 Å². The van der Waals surface area contributed by atoms with Crippen molar-refractivity contribution < 1.29 is 9.59 Å². The van der Waals surface area contributed by atoms with E-state index in [1.807, 2.05) is 0 Å². The zero-order valence-corrected chi connectivity index (χ0v) is 12.1. The molecule has 2 N–H and O–H groups in total. The van der Waals surface area contributed by atoms with E-state index in [-0.39, 0.29) is 17.9 Å². The zero-order valence-electron chi connectivity index (χ0n) is 12.1. The van der Waals surface area contributed by atoms with Gasteiger partial charge in [-0.25, -0.2) is 0 Å². The number of piperidine rings is 2. The van der Waals surface area contributed by atoms with Crippen LogP contribution in [0.5, 0.6) is 0 Å². The van der Waals surface area contributed by atoms with Gasteiger partial charge in [0.2, 0.25) is 5.91 Å². The summed E-state index contributed by atoms with van der Waals surface area (Å²) in [5.74, 6) is 2.86. The van der Waals surface area contributed by atoms with Crippen LogP contribution >= 0.6 is 0 Å². The first kappa shape index (κ1) is 12.8. The average molecular weight is 276 g/mol. The quantitative estimate of drug-likeness (QED) is 0.842. The van der Waals surface area contributed by atoms with Crippen molar-refractivity contribution in [3.05, 3.63) is 0 Å². The van der Waals surface area contributed by atoms with Crippen LogP contribution in [0.15, 0.2) is 0 Å². The maximum Gasteiger partial charge on any atom is 0.217 e. The standard InChI is InChI=1S/C16H24N2O2/c1-8-4-12-11-6-9-7-18(13(11)5-8)15(12)16(20)10(9)2-3-14(17)19/h8-13,15H,2-7H2,1H3,(H2,17,19)/t8-,9-,10+,11-,12-,13+,15+/m1/s1. The number of carbonyl (C=O) groups excluding carboxylic acids is 2. The Morgan fingerprint density at radius 3 is 2.85 bits per heavy atom. The van der Waals surface area contributed by atoms with Gasteiger partial charge in [-0.15, -0.1) is 0 Å². The molecule has 4 heteroatoms. The summed E-state index contributed by atoms with van der Waals surface area (Å²) in [6, 6.07) is 0.845. The van der Waals surface area contributed by atoms with Crippen LogP contribution in [0.1, 0.15) is 39.0 Å². The number of hydrogen-bond acceptors (Lipinski definition) is 3. The molecule has 0 aromatic heterocycles. The molecule has 3 aliphatic heterocycles. The van der Waals surface area contributed by atoms with E-state index in [9.17, 15) is 9.59 Å². The number of Topliss-reactive ketones (excluding diaryl/α,β-unsaturated/α-hetero) is 1. The third-order valence-corrected chi connectivity index (χ3v) is 6.50. The first-order valence-corrected chi connectivity index (χ1v) is 8.14. The Hall–Kier alpha value is -0.900. The Bertz CT molecular complexity index is 463. The Labute approximate surface area is 120 Å². The van der Waals surface area contributed by atoms with Crippen molar-refractivity contribution in [3.63, 3.8) is 0 Å². The first-order chi connectivity index (χ1) is 9.56. The molecule has 0 aromatic carbocycles. The van der Waals surface area contributed by atoms with Crippen molar-refractivity contribution in [2.45, 2.75) is 51.1 Å². The average Bonchev–Trinajstić information content (AvgIpc) is 2.55. The SMILES string of the molecule is C[C@@H]1C[C@@H]2[C@H]3C[C@@H]4CN([C@@H]2C(=O)[C@H]4CCC(N)=O)[C@H]3C1. The van der Waals surface area contributed by atoms with Gasteiger partial charge in [0.25, 0.3) is 0 Å². The fourth-order valence-corrected chi connectivity index (χ4v) is 5.87. The van der Waals surface area contributed by atoms with Crippen molar-refractivity contribution in [1.29, 1.82) is 0 Å². The fourth-order valence-electron chi connectivity index (χ4n) is 5.87. The predicted molar refractivity (Wildman–Crippen MR) is 74.7 cm³/mol. The van der Waals surface area contributed by atoms with Gasteiger partial charge in [-0.2, -0.15) is 0 Å². The zero-order chi connectivity index (χ0) is 14.0. The normalized spacial score (nSPS) is 52.4. The van der Waals surface area contributed by atoms with E-state index in [4.69, 9.17) is 5.73 Å². The fraction of sp³-hybridized carbons (Fsp3) is 0.875. The maximum absolute atomic E-state index is 12.9. The summed E-state index contributed by atoms with van der Waals surface area (Å²) in [5, 5.41) is 0. The molecule has 3 heterocycles. The molecule has 0 aromatic rings. The minimum absolute atomic E-state index is 0.102. The Morgan fingerprint density at radius 1 is 1.30 bits per heavy atom. The number of fused-ring (bicyclic) bond motifs is 2. The van der Waals surface area contributed by atoms with Crippen LogP contribution < -0.4 is 5.73 Å². The summed E-state index contributed by atoms with van der Waals surface area (Å²) in [6.45, 7) is 3.42. The Morgan fingerprint density at radius 2 is 2.10 bits per heavy atom. The van der Waals surface area contributed by atoms with Crippen LogP contribution in [0.3, 0.4) is 0 Å². The smallest absolute Gasteiger partial charge is 0.217 e. The van der Waals surface area contributed by atoms with E-state index in [0.29, 0.717) is 36.5 Å². The van der Waals surface area contributed by atoms with Crippen molar-refractivity contribution in [3.8, 4) is 0 Å². The van der Waals surface area contributed by atoms with E-state index in [2.05, 4.69) is 11.8 Å². The van der Waals surface area contributed by atoms with E-state index in [1.54, 1.807) is 0 Å². The van der Waals surface area contributed by atoms with Gasteiger partial charge in [0.1, 0.15) is 0 Å². The molecule has 8 atom stereocenters. The molecule has 20 heavy (non-hydrogen) atoms. The topological polar surface area (TPSA) is 63.4 Å². The van der Waals surface area contributed by atoms with Gasteiger partial charge in [0.15, 0.2) is 5.78 Å². The monoisotopic (exact) mass is 276 g/mol. The van der Waals surface area contributed by atoms with Gasteiger partial charge in [0.05, 0.1) is 6.04 Å². The van der Waals surface area contributed by atoms with Crippen LogP contribution in [0.25, 0.3) is 0 Å². The molecular weight excluding hydrogens is 252 g/mol. The lowest BCUT2D eigenvalue weighted by molar-refractivity contribution is -0.136. The van der Waals surface area contributed by atoms with Gasteiger partial charge in [-0.3, -0.25) is 14.5 Å². The second-order valence-electron chi connectivity index (χ2n) is 7.62. The first-order valence-electron chi connectivity index (χ1n) is 8.14. The second kappa shape index (κ2) is 4.30. The molecule has 1 unspecified atom stereocenters. The number of nitrogens with two attached hydrogens (primary N) is 1. The summed E-state index contributed by atoms with van der Waals surface area (Å²) >= 11 is 0. The van der Waals surface area contributed by atoms with Crippen LogP contribution in [-0.4, -0.2) is 35.2 Å². The van der Waals surface area contributed by atoms with Crippen molar-refractivity contribution in [2.24, 2.45) is 35.3 Å². The van der Waals surface area contributed by atoms with Gasteiger partial charge in [-0.05, 0) is 49.4 Å². The van der Waals surface area contributed by atoms with Crippen LogP contribution in [-0.2, 0) is 9.59 Å². The highest BCUT2D eigenvalue weighted by atomic mass is 16.1. The summed E-state index contributed by atoms with van der Waals surface area (Å²) in [5.41, 5.74) is 5.27. The minimum atomic E-state index is -0.268. The van der Waals surface area contributed by atoms with Gasteiger partial charge in [-0.1, -0.05) is 6.92 Å². The number of carbonyl (C=O) groups is 2. The molecule has 1 saturated carbocycles. The highest BCUT2D eigenvalue weighted by Crippen LogP contribution is 2.57. The summed E-state index contributed by atoms with van der Waals surface area (Å²) in [6.07, 6.45) is 4.77.